The van der Waals surface area contributed by atoms with Crippen LogP contribution in [0.4, 0.5) is 0 Å². The van der Waals surface area contributed by atoms with Gasteiger partial charge in [-0.1, -0.05) is 101 Å². The minimum absolute atomic E-state index is 0.362. The molecule has 0 bridgehead atoms. The number of aromatic nitrogens is 2. The molecule has 0 aliphatic rings. The predicted octanol–water partition coefficient (Wildman–Crippen LogP) is 7.88. The van der Waals surface area contributed by atoms with Crippen molar-refractivity contribution < 1.29 is 5.11 Å². The molecule has 0 spiro atoms. The number of allylic oxidation sites excluding steroid dienone is 2. The second-order valence-corrected chi connectivity index (χ2v) is 8.50. The van der Waals surface area contributed by atoms with E-state index in [2.05, 4.69) is 28.7 Å². The lowest BCUT2D eigenvalue weighted by atomic mass is 10.1. The monoisotopic (exact) mass is 418 g/mol. The van der Waals surface area contributed by atoms with E-state index in [1.165, 1.54) is 95.0 Å². The fourth-order valence-electron chi connectivity index (χ4n) is 2.57. The molecule has 6 heteroatoms. The Labute approximate surface area is 174 Å². The van der Waals surface area contributed by atoms with Crippen molar-refractivity contribution in [2.24, 2.45) is 0 Å². The van der Waals surface area contributed by atoms with Crippen LogP contribution in [0.3, 0.4) is 0 Å². The van der Waals surface area contributed by atoms with Crippen molar-refractivity contribution in [1.82, 2.24) is 9.59 Å². The van der Waals surface area contributed by atoms with Gasteiger partial charge >= 0.3 is 0 Å². The molecule has 0 fully saturated rings. The van der Waals surface area contributed by atoms with Crippen LogP contribution in [-0.2, 0) is 0 Å². The smallest absolute Gasteiger partial charge is 0.148 e. The molecule has 1 aromatic rings. The maximum atomic E-state index is 8.66. The number of nitrogens with one attached hydrogen (secondary N) is 2. The zero-order valence-corrected chi connectivity index (χ0v) is 18.9. The molecular weight excluding hydrogens is 380 g/mol. The molecule has 3 nitrogen and oxygen atoms in total. The number of rotatable bonds is 15. The summed E-state index contributed by atoms with van der Waals surface area (Å²) >= 11 is 10.8. The fraction of sp³-hybridized carbons (Fsp3) is 0.800. The zero-order chi connectivity index (χ0) is 19.3. The maximum Gasteiger partial charge on any atom is 0.148 e. The van der Waals surface area contributed by atoms with Crippen LogP contribution in [0, 0.1) is 8.46 Å². The van der Waals surface area contributed by atoms with E-state index in [9.17, 15) is 0 Å². The van der Waals surface area contributed by atoms with E-state index in [4.69, 9.17) is 29.5 Å². The van der Waals surface area contributed by atoms with E-state index in [1.807, 2.05) is 0 Å². The molecule has 0 unspecified atom stereocenters. The Kier molecular flexibility index (Phi) is 20.8. The van der Waals surface area contributed by atoms with Crippen molar-refractivity contribution in [2.45, 2.75) is 96.8 Å². The summed E-state index contributed by atoms with van der Waals surface area (Å²) in [5.41, 5.74) is 0. The normalized spacial score (nSPS) is 10.8. The minimum Gasteiger partial charge on any atom is -0.396 e. The highest BCUT2D eigenvalue weighted by atomic mass is 32.2. The second-order valence-electron chi connectivity index (χ2n) is 6.61. The summed E-state index contributed by atoms with van der Waals surface area (Å²) in [5.74, 6) is 0. The number of aromatic amines is 2. The first kappa shape index (κ1) is 25.7. The van der Waals surface area contributed by atoms with Crippen molar-refractivity contribution in [3.63, 3.8) is 0 Å². The fourth-order valence-corrected chi connectivity index (χ4v) is 3.38. The van der Waals surface area contributed by atoms with Crippen molar-refractivity contribution in [3.8, 4) is 0 Å². The van der Waals surface area contributed by atoms with Crippen LogP contribution in [0.2, 0.25) is 0 Å². The van der Waals surface area contributed by atoms with Crippen LogP contribution in [-0.4, -0.2) is 21.3 Å². The molecule has 152 valence electrons. The molecule has 0 amide bonds. The molecule has 26 heavy (non-hydrogen) atoms. The molecule has 1 heterocycles. The van der Waals surface area contributed by atoms with Crippen LogP contribution in [0.1, 0.15) is 96.8 Å². The highest BCUT2D eigenvalue weighted by molar-refractivity contribution is 7.75. The first-order valence-electron chi connectivity index (χ1n) is 10.2. The number of aliphatic hydroxyl groups is 1. The number of aliphatic hydroxyl groups excluding tert-OH is 1. The molecule has 3 N–H and O–H groups in total. The Hall–Kier alpha value is -0.300. The average Bonchev–Trinajstić information content (AvgIpc) is 3.02. The van der Waals surface area contributed by atoms with Crippen molar-refractivity contribution in [2.75, 3.05) is 6.61 Å². The summed E-state index contributed by atoms with van der Waals surface area (Å²) in [5, 5.41) is 11.3. The third kappa shape index (κ3) is 18.5. The van der Waals surface area contributed by atoms with E-state index in [1.54, 1.807) is 0 Å². The average molecular weight is 419 g/mol. The van der Waals surface area contributed by atoms with Gasteiger partial charge in [0.25, 0.3) is 0 Å². The van der Waals surface area contributed by atoms with Gasteiger partial charge in [0.15, 0.2) is 0 Å². The molecule has 1 aromatic heterocycles. The first-order chi connectivity index (χ1) is 12.7. The molecule has 1 rings (SSSR count). The summed E-state index contributed by atoms with van der Waals surface area (Å²) in [4.78, 5) is 0. The van der Waals surface area contributed by atoms with Gasteiger partial charge in [-0.05, 0) is 43.6 Å². The zero-order valence-electron chi connectivity index (χ0n) is 16.4. The Balaban J connectivity index is 0.000000735. The lowest BCUT2D eigenvalue weighted by Crippen LogP contribution is -1.83. The second kappa shape index (κ2) is 21.0. The van der Waals surface area contributed by atoms with Gasteiger partial charge in [-0.25, -0.2) is 0 Å². The molecule has 0 aromatic carbocycles. The van der Waals surface area contributed by atoms with Gasteiger partial charge in [-0.3, -0.25) is 9.59 Å². The van der Waals surface area contributed by atoms with Gasteiger partial charge in [0.2, 0.25) is 0 Å². The van der Waals surface area contributed by atoms with Crippen LogP contribution in [0.15, 0.2) is 12.2 Å². The number of hydrogen-bond donors (Lipinski definition) is 3. The van der Waals surface area contributed by atoms with E-state index in [-0.39, 0.29) is 0 Å². The van der Waals surface area contributed by atoms with E-state index in [0.29, 0.717) is 11.2 Å². The minimum atomic E-state index is 0.362. The lowest BCUT2D eigenvalue weighted by Gasteiger charge is -1.99. The first-order valence-corrected chi connectivity index (χ1v) is 11.9. The summed E-state index contributed by atoms with van der Waals surface area (Å²) < 4.78 is 4.05. The SMILES string of the molecule is CCCCCCCCC=CCCCCCCCCO.S=c1[nH][nH]sc1=S. The Morgan fingerprint density at radius 3 is 1.69 bits per heavy atom. The van der Waals surface area contributed by atoms with Gasteiger partial charge in [-0.2, -0.15) is 0 Å². The van der Waals surface area contributed by atoms with Gasteiger partial charge in [0.1, 0.15) is 8.46 Å². The van der Waals surface area contributed by atoms with Gasteiger partial charge in [0.05, 0.1) is 0 Å². The van der Waals surface area contributed by atoms with Crippen molar-refractivity contribution in [3.05, 3.63) is 20.6 Å². The predicted molar refractivity (Wildman–Crippen MR) is 121 cm³/mol. The molecule has 0 saturated heterocycles. The number of hydrogen-bond acceptors (Lipinski definition) is 4. The molecule has 0 aliphatic carbocycles. The summed E-state index contributed by atoms with van der Waals surface area (Å²) in [6.07, 6.45) is 23.2. The number of H-pyrrole nitrogens is 2. The summed E-state index contributed by atoms with van der Waals surface area (Å²) in [6.45, 7) is 2.64. The Morgan fingerprint density at radius 2 is 1.31 bits per heavy atom. The van der Waals surface area contributed by atoms with E-state index in [0.717, 1.165) is 10.2 Å². The summed E-state index contributed by atoms with van der Waals surface area (Å²) in [7, 11) is 0. The Bertz CT molecular complexity index is 495. The third-order valence-electron chi connectivity index (χ3n) is 4.16. The van der Waals surface area contributed by atoms with E-state index < -0.39 is 0 Å². The van der Waals surface area contributed by atoms with Crippen LogP contribution in [0.5, 0.6) is 0 Å². The summed E-state index contributed by atoms with van der Waals surface area (Å²) in [6, 6.07) is 0. The van der Waals surface area contributed by atoms with Crippen molar-refractivity contribution >= 4 is 36.0 Å². The third-order valence-corrected chi connectivity index (χ3v) is 5.78. The van der Waals surface area contributed by atoms with Crippen LogP contribution in [0.25, 0.3) is 0 Å². The van der Waals surface area contributed by atoms with Gasteiger partial charge < -0.3 is 5.11 Å². The molecule has 0 atom stereocenters. The number of unbranched alkanes of at least 4 members (excludes halogenated alkanes) is 12. The van der Waals surface area contributed by atoms with Crippen molar-refractivity contribution in [1.29, 1.82) is 0 Å². The highest BCUT2D eigenvalue weighted by Gasteiger charge is 1.90. The maximum absolute atomic E-state index is 8.66. The molecular formula is C20H38N2OS3. The standard InChI is InChI=1S/C18H36O.C2H2N2S3/c1-2-3-4-5-6-7-8-9-10-11-12-13-14-15-16-17-18-19;5-1-2(6)7-4-3-1/h9-10,19H,2-8,11-18H2,1H3;4H,(H,3,5). The van der Waals surface area contributed by atoms with Crippen LogP contribution >= 0.6 is 36.0 Å². The largest absolute Gasteiger partial charge is 0.396 e. The molecule has 0 radical (unpaired) electrons. The topological polar surface area (TPSA) is 51.8 Å². The quantitative estimate of drug-likeness (QED) is 0.154. The van der Waals surface area contributed by atoms with Crippen LogP contribution < -0.4 is 0 Å². The van der Waals surface area contributed by atoms with Gasteiger partial charge in [0, 0.05) is 6.61 Å². The molecule has 0 aliphatic heterocycles. The van der Waals surface area contributed by atoms with Gasteiger partial charge in [-0.15, -0.1) is 0 Å². The highest BCUT2D eigenvalue weighted by Crippen LogP contribution is 2.09. The Morgan fingerprint density at radius 1 is 0.808 bits per heavy atom. The molecule has 0 saturated carbocycles. The van der Waals surface area contributed by atoms with E-state index >= 15 is 0 Å². The lowest BCUT2D eigenvalue weighted by molar-refractivity contribution is 0.282.